The summed E-state index contributed by atoms with van der Waals surface area (Å²) in [5.41, 5.74) is 3.24. The second-order valence-electron chi connectivity index (χ2n) is 2.70. The van der Waals surface area contributed by atoms with E-state index in [0.29, 0.717) is 0 Å². The predicted molar refractivity (Wildman–Crippen MR) is 47.4 cm³/mol. The first-order valence-corrected chi connectivity index (χ1v) is 3.37. The summed E-state index contributed by atoms with van der Waals surface area (Å²) in [6.07, 6.45) is 1.85. The van der Waals surface area contributed by atoms with E-state index in [4.69, 9.17) is 0 Å². The largest absolute Gasteiger partial charge is 0.261 e. The van der Waals surface area contributed by atoms with Crippen molar-refractivity contribution >= 4 is 5.71 Å². The molecule has 1 nitrogen and oxygen atoms in total. The predicted octanol–water partition coefficient (Wildman–Crippen LogP) is 2.95. The van der Waals surface area contributed by atoms with Gasteiger partial charge in [-0.1, -0.05) is 12.2 Å². The fraction of sp³-hybridized carbons (Fsp3) is 0.444. The molecule has 0 N–H and O–H groups in total. The Morgan fingerprint density at radius 2 is 1.70 bits per heavy atom. The second kappa shape index (κ2) is 4.04. The maximum Gasteiger partial charge on any atom is 0.0395 e. The lowest BCUT2D eigenvalue weighted by Crippen LogP contribution is -1.89. The fourth-order valence-electron chi connectivity index (χ4n) is 0.336. The van der Waals surface area contributed by atoms with Gasteiger partial charge in [-0.3, -0.25) is 4.99 Å². The highest BCUT2D eigenvalue weighted by Crippen LogP contribution is 1.95. The molecule has 0 atom stereocenters. The minimum Gasteiger partial charge on any atom is -0.261 e. The number of allylic oxidation sites excluding steroid dienone is 2. The first kappa shape index (κ1) is 9.15. The van der Waals surface area contributed by atoms with Crippen LogP contribution in [0.25, 0.3) is 0 Å². The van der Waals surface area contributed by atoms with Crippen molar-refractivity contribution in [2.24, 2.45) is 4.99 Å². The Labute approximate surface area is 63.2 Å². The van der Waals surface area contributed by atoms with Gasteiger partial charge in [-0.2, -0.15) is 0 Å². The lowest BCUT2D eigenvalue weighted by Gasteiger charge is -1.93. The molecule has 0 rings (SSSR count). The maximum atomic E-state index is 4.18. The molecule has 0 aliphatic rings. The number of hydrogen-bond donors (Lipinski definition) is 0. The van der Waals surface area contributed by atoms with Crippen LogP contribution in [0.2, 0.25) is 0 Å². The van der Waals surface area contributed by atoms with Gasteiger partial charge < -0.3 is 0 Å². The van der Waals surface area contributed by atoms with Gasteiger partial charge in [0.15, 0.2) is 0 Å². The van der Waals surface area contributed by atoms with Gasteiger partial charge in [-0.15, -0.1) is 0 Å². The number of rotatable bonds is 2. The fourth-order valence-corrected chi connectivity index (χ4v) is 0.336. The van der Waals surface area contributed by atoms with Crippen molar-refractivity contribution in [2.45, 2.75) is 27.7 Å². The smallest absolute Gasteiger partial charge is 0.0395 e. The van der Waals surface area contributed by atoms with Crippen LogP contribution in [0.5, 0.6) is 0 Å². The minimum absolute atomic E-state index is 1.00. The SMILES string of the molecule is C=C(C)C(C)=NC=C(C)C. The summed E-state index contributed by atoms with van der Waals surface area (Å²) in [5, 5.41) is 0. The van der Waals surface area contributed by atoms with Crippen LogP contribution in [0.15, 0.2) is 28.9 Å². The molecule has 10 heavy (non-hydrogen) atoms. The summed E-state index contributed by atoms with van der Waals surface area (Å²) < 4.78 is 0. The minimum atomic E-state index is 1.00. The molecule has 0 aliphatic heterocycles. The Kier molecular flexibility index (Phi) is 3.70. The maximum absolute atomic E-state index is 4.18. The van der Waals surface area contributed by atoms with Gasteiger partial charge >= 0.3 is 0 Å². The molecular formula is C9H15N. The zero-order chi connectivity index (χ0) is 8.15. The third kappa shape index (κ3) is 4.07. The highest BCUT2D eigenvalue weighted by atomic mass is 14.7. The lowest BCUT2D eigenvalue weighted by molar-refractivity contribution is 1.32. The van der Waals surface area contributed by atoms with Crippen molar-refractivity contribution in [1.29, 1.82) is 0 Å². The molecule has 0 amide bonds. The molecule has 0 bridgehead atoms. The molecular weight excluding hydrogens is 122 g/mol. The molecule has 0 aliphatic carbocycles. The van der Waals surface area contributed by atoms with Crippen molar-refractivity contribution in [3.05, 3.63) is 23.9 Å². The molecule has 0 saturated carbocycles. The normalized spacial score (nSPS) is 11.0. The molecule has 0 aromatic carbocycles. The van der Waals surface area contributed by atoms with Crippen LogP contribution in [-0.2, 0) is 0 Å². The Morgan fingerprint density at radius 3 is 2.00 bits per heavy atom. The van der Waals surface area contributed by atoms with Gasteiger partial charge in [0.1, 0.15) is 0 Å². The van der Waals surface area contributed by atoms with Gasteiger partial charge in [0.25, 0.3) is 0 Å². The standard InChI is InChI=1S/C9H15N/c1-7(2)6-10-9(5)8(3)4/h6H,3H2,1-2,4-5H3. The Bertz CT molecular complexity index is 181. The summed E-state index contributed by atoms with van der Waals surface area (Å²) in [5.74, 6) is 0. The molecule has 56 valence electrons. The summed E-state index contributed by atoms with van der Waals surface area (Å²) in [6, 6.07) is 0. The van der Waals surface area contributed by atoms with Crippen molar-refractivity contribution in [1.82, 2.24) is 0 Å². The summed E-state index contributed by atoms with van der Waals surface area (Å²) in [6.45, 7) is 11.7. The highest BCUT2D eigenvalue weighted by molar-refractivity contribution is 5.97. The molecule has 0 fully saturated rings. The monoisotopic (exact) mass is 137 g/mol. The Balaban J connectivity index is 4.19. The quantitative estimate of drug-likeness (QED) is 0.519. The van der Waals surface area contributed by atoms with Crippen LogP contribution < -0.4 is 0 Å². The van der Waals surface area contributed by atoms with Gasteiger partial charge in [0.2, 0.25) is 0 Å². The van der Waals surface area contributed by atoms with Crippen LogP contribution in [0.1, 0.15) is 27.7 Å². The van der Waals surface area contributed by atoms with E-state index in [1.807, 2.05) is 33.9 Å². The van der Waals surface area contributed by atoms with E-state index >= 15 is 0 Å². The molecule has 0 aromatic rings. The zero-order valence-electron chi connectivity index (χ0n) is 7.23. The number of aliphatic imine (C=N–C) groups is 1. The van der Waals surface area contributed by atoms with E-state index in [-0.39, 0.29) is 0 Å². The van der Waals surface area contributed by atoms with E-state index in [1.165, 1.54) is 5.57 Å². The molecule has 0 aromatic heterocycles. The number of nitrogens with zero attached hydrogens (tertiary/aromatic N) is 1. The van der Waals surface area contributed by atoms with E-state index < -0.39 is 0 Å². The highest BCUT2D eigenvalue weighted by Gasteiger charge is 1.86. The topological polar surface area (TPSA) is 12.4 Å². The molecule has 1 heteroatoms. The number of hydrogen-bond acceptors (Lipinski definition) is 1. The van der Waals surface area contributed by atoms with Crippen LogP contribution in [0, 0.1) is 0 Å². The summed E-state index contributed by atoms with van der Waals surface area (Å²) in [4.78, 5) is 4.18. The van der Waals surface area contributed by atoms with E-state index in [9.17, 15) is 0 Å². The van der Waals surface area contributed by atoms with Crippen molar-refractivity contribution in [3.8, 4) is 0 Å². The van der Waals surface area contributed by atoms with Gasteiger partial charge in [0, 0.05) is 11.9 Å². The average Bonchev–Trinajstić information content (AvgIpc) is 1.82. The second-order valence-corrected chi connectivity index (χ2v) is 2.70. The third-order valence-corrected chi connectivity index (χ3v) is 1.13. The van der Waals surface area contributed by atoms with Crippen molar-refractivity contribution in [2.75, 3.05) is 0 Å². The van der Waals surface area contributed by atoms with E-state index in [2.05, 4.69) is 11.6 Å². The van der Waals surface area contributed by atoms with Crippen LogP contribution in [-0.4, -0.2) is 5.71 Å². The van der Waals surface area contributed by atoms with E-state index in [1.54, 1.807) is 0 Å². The molecule has 0 radical (unpaired) electrons. The Hall–Kier alpha value is -0.850. The van der Waals surface area contributed by atoms with Gasteiger partial charge in [-0.05, 0) is 33.3 Å². The van der Waals surface area contributed by atoms with Crippen LogP contribution >= 0.6 is 0 Å². The van der Waals surface area contributed by atoms with Crippen molar-refractivity contribution in [3.63, 3.8) is 0 Å². The van der Waals surface area contributed by atoms with Crippen LogP contribution in [0.4, 0.5) is 0 Å². The molecule has 0 unspecified atom stereocenters. The van der Waals surface area contributed by atoms with Crippen molar-refractivity contribution < 1.29 is 0 Å². The first-order chi connectivity index (χ1) is 4.54. The molecule has 0 heterocycles. The average molecular weight is 137 g/mol. The third-order valence-electron chi connectivity index (χ3n) is 1.13. The lowest BCUT2D eigenvalue weighted by atomic mass is 10.2. The van der Waals surface area contributed by atoms with Crippen LogP contribution in [0.3, 0.4) is 0 Å². The summed E-state index contributed by atoms with van der Waals surface area (Å²) >= 11 is 0. The van der Waals surface area contributed by atoms with Gasteiger partial charge in [0.05, 0.1) is 0 Å². The summed E-state index contributed by atoms with van der Waals surface area (Å²) in [7, 11) is 0. The Morgan fingerprint density at radius 1 is 1.20 bits per heavy atom. The first-order valence-electron chi connectivity index (χ1n) is 3.37. The van der Waals surface area contributed by atoms with E-state index in [0.717, 1.165) is 11.3 Å². The zero-order valence-corrected chi connectivity index (χ0v) is 7.23. The molecule has 0 spiro atoms. The van der Waals surface area contributed by atoms with Gasteiger partial charge in [-0.25, -0.2) is 0 Å². The molecule has 0 saturated heterocycles.